The standard InChI is InChI=1S/C15H23N5O2/c1-5-12-10-13(11(2)16-17-12)14(21)19-6-8-20(9-7-19)15(22)18(3)4/h10H,5-9H2,1-4H3. The maximum Gasteiger partial charge on any atom is 0.319 e. The quantitative estimate of drug-likeness (QED) is 0.810. The molecule has 0 radical (unpaired) electrons. The second kappa shape index (κ2) is 6.72. The fraction of sp³-hybridized carbons (Fsp3) is 0.600. The number of piperazine rings is 1. The lowest BCUT2D eigenvalue weighted by molar-refractivity contribution is 0.0648. The molecule has 22 heavy (non-hydrogen) atoms. The van der Waals surface area contributed by atoms with Gasteiger partial charge in [-0.1, -0.05) is 6.92 Å². The van der Waals surface area contributed by atoms with Gasteiger partial charge in [-0.05, 0) is 19.4 Å². The topological polar surface area (TPSA) is 69.6 Å². The van der Waals surface area contributed by atoms with E-state index >= 15 is 0 Å². The van der Waals surface area contributed by atoms with E-state index in [-0.39, 0.29) is 11.9 Å². The van der Waals surface area contributed by atoms with Crippen LogP contribution in [-0.4, -0.2) is 77.1 Å². The number of carbonyl (C=O) groups excluding carboxylic acids is 2. The lowest BCUT2D eigenvalue weighted by atomic mass is 10.1. The van der Waals surface area contributed by atoms with Crippen molar-refractivity contribution in [2.75, 3.05) is 40.3 Å². The second-order valence-corrected chi connectivity index (χ2v) is 5.64. The molecule has 1 aliphatic heterocycles. The monoisotopic (exact) mass is 305 g/mol. The molecule has 0 aromatic carbocycles. The van der Waals surface area contributed by atoms with E-state index < -0.39 is 0 Å². The van der Waals surface area contributed by atoms with Crippen LogP contribution in [0.4, 0.5) is 4.79 Å². The fourth-order valence-corrected chi connectivity index (χ4v) is 2.44. The molecule has 3 amide bonds. The van der Waals surface area contributed by atoms with Gasteiger partial charge in [0.15, 0.2) is 0 Å². The molecular formula is C15H23N5O2. The van der Waals surface area contributed by atoms with Gasteiger partial charge < -0.3 is 14.7 Å². The Morgan fingerprint density at radius 2 is 1.73 bits per heavy atom. The van der Waals surface area contributed by atoms with Gasteiger partial charge in [0.1, 0.15) is 0 Å². The van der Waals surface area contributed by atoms with Gasteiger partial charge >= 0.3 is 6.03 Å². The summed E-state index contributed by atoms with van der Waals surface area (Å²) in [6.45, 7) is 5.98. The van der Waals surface area contributed by atoms with Crippen LogP contribution >= 0.6 is 0 Å². The van der Waals surface area contributed by atoms with E-state index in [9.17, 15) is 9.59 Å². The van der Waals surface area contributed by atoms with E-state index in [4.69, 9.17) is 0 Å². The predicted octanol–water partition coefficient (Wildman–Crippen LogP) is 0.787. The molecule has 0 spiro atoms. The first-order chi connectivity index (χ1) is 10.4. The van der Waals surface area contributed by atoms with Crippen molar-refractivity contribution >= 4 is 11.9 Å². The van der Waals surface area contributed by atoms with E-state index in [1.165, 1.54) is 0 Å². The Balaban J connectivity index is 2.05. The summed E-state index contributed by atoms with van der Waals surface area (Å²) in [4.78, 5) is 29.7. The van der Waals surface area contributed by atoms with Crippen LogP contribution in [0.1, 0.15) is 28.7 Å². The van der Waals surface area contributed by atoms with Gasteiger partial charge in [0.05, 0.1) is 17.0 Å². The summed E-state index contributed by atoms with van der Waals surface area (Å²) < 4.78 is 0. The molecule has 1 aromatic heterocycles. The van der Waals surface area contributed by atoms with E-state index in [0.717, 1.165) is 12.1 Å². The number of aromatic nitrogens is 2. The SMILES string of the molecule is CCc1cc(C(=O)N2CCN(C(=O)N(C)C)CC2)c(C)nn1. The van der Waals surface area contributed by atoms with Crippen molar-refractivity contribution in [3.63, 3.8) is 0 Å². The van der Waals surface area contributed by atoms with E-state index in [1.807, 2.05) is 13.0 Å². The van der Waals surface area contributed by atoms with Crippen molar-refractivity contribution in [2.24, 2.45) is 0 Å². The normalized spacial score (nSPS) is 14.9. The van der Waals surface area contributed by atoms with Gasteiger partial charge in [-0.3, -0.25) is 4.79 Å². The van der Waals surface area contributed by atoms with Gasteiger partial charge in [0.25, 0.3) is 5.91 Å². The van der Waals surface area contributed by atoms with Crippen molar-refractivity contribution in [3.8, 4) is 0 Å². The van der Waals surface area contributed by atoms with Crippen LogP contribution in [0.15, 0.2) is 6.07 Å². The highest BCUT2D eigenvalue weighted by atomic mass is 16.2. The fourth-order valence-electron chi connectivity index (χ4n) is 2.44. The van der Waals surface area contributed by atoms with Crippen molar-refractivity contribution in [1.29, 1.82) is 0 Å². The average Bonchev–Trinajstić information content (AvgIpc) is 2.54. The molecule has 2 heterocycles. The third-order valence-electron chi connectivity index (χ3n) is 3.84. The molecule has 1 aromatic rings. The highest BCUT2D eigenvalue weighted by molar-refractivity contribution is 5.95. The number of carbonyl (C=O) groups is 2. The first-order valence-corrected chi connectivity index (χ1v) is 7.52. The highest BCUT2D eigenvalue weighted by Crippen LogP contribution is 2.13. The summed E-state index contributed by atoms with van der Waals surface area (Å²) in [5.41, 5.74) is 2.07. The number of rotatable bonds is 2. The maximum atomic E-state index is 12.6. The first kappa shape index (κ1) is 16.2. The molecule has 0 N–H and O–H groups in total. The zero-order chi connectivity index (χ0) is 16.3. The van der Waals surface area contributed by atoms with Gasteiger partial charge in [-0.15, -0.1) is 0 Å². The van der Waals surface area contributed by atoms with Crippen molar-refractivity contribution in [1.82, 2.24) is 24.9 Å². The molecule has 0 atom stereocenters. The molecule has 7 heteroatoms. The number of aryl methyl sites for hydroxylation is 2. The smallest absolute Gasteiger partial charge is 0.319 e. The highest BCUT2D eigenvalue weighted by Gasteiger charge is 2.26. The van der Waals surface area contributed by atoms with E-state index in [2.05, 4.69) is 10.2 Å². The Kier molecular flexibility index (Phi) is 4.95. The van der Waals surface area contributed by atoms with Crippen molar-refractivity contribution < 1.29 is 9.59 Å². The minimum atomic E-state index is -0.0287. The minimum Gasteiger partial charge on any atom is -0.335 e. The number of nitrogens with zero attached hydrogens (tertiary/aromatic N) is 5. The molecular weight excluding hydrogens is 282 g/mol. The molecule has 0 aliphatic carbocycles. The predicted molar refractivity (Wildman–Crippen MR) is 82.7 cm³/mol. The number of amides is 3. The molecule has 2 rings (SSSR count). The summed E-state index contributed by atoms with van der Waals surface area (Å²) in [6, 6.07) is 1.81. The largest absolute Gasteiger partial charge is 0.335 e. The Hall–Kier alpha value is -2.18. The van der Waals surface area contributed by atoms with E-state index in [0.29, 0.717) is 37.4 Å². The Morgan fingerprint density at radius 1 is 1.14 bits per heavy atom. The zero-order valence-corrected chi connectivity index (χ0v) is 13.7. The van der Waals surface area contributed by atoms with Crippen LogP contribution < -0.4 is 0 Å². The Bertz CT molecular complexity index is 565. The molecule has 0 bridgehead atoms. The minimum absolute atomic E-state index is 0.0119. The molecule has 0 saturated carbocycles. The van der Waals surface area contributed by atoms with Gasteiger partial charge in [-0.25, -0.2) is 4.79 Å². The molecule has 1 saturated heterocycles. The van der Waals surface area contributed by atoms with Crippen molar-refractivity contribution in [3.05, 3.63) is 23.0 Å². The second-order valence-electron chi connectivity index (χ2n) is 5.64. The average molecular weight is 305 g/mol. The molecule has 1 fully saturated rings. The first-order valence-electron chi connectivity index (χ1n) is 7.52. The molecule has 1 aliphatic rings. The van der Waals surface area contributed by atoms with Crippen molar-refractivity contribution in [2.45, 2.75) is 20.3 Å². The lowest BCUT2D eigenvalue weighted by Crippen LogP contribution is -2.53. The number of hydrogen-bond donors (Lipinski definition) is 0. The third kappa shape index (κ3) is 3.35. The van der Waals surface area contributed by atoms with Gasteiger partial charge in [0.2, 0.25) is 0 Å². The van der Waals surface area contributed by atoms with E-state index in [1.54, 1.807) is 35.7 Å². The third-order valence-corrected chi connectivity index (χ3v) is 3.84. The Labute approximate surface area is 130 Å². The molecule has 120 valence electrons. The van der Waals surface area contributed by atoms with Crippen LogP contribution in [0.2, 0.25) is 0 Å². The zero-order valence-electron chi connectivity index (χ0n) is 13.7. The summed E-state index contributed by atoms with van der Waals surface area (Å²) in [5.74, 6) is -0.0287. The summed E-state index contributed by atoms with van der Waals surface area (Å²) in [7, 11) is 3.47. The summed E-state index contributed by atoms with van der Waals surface area (Å²) >= 11 is 0. The number of hydrogen-bond acceptors (Lipinski definition) is 4. The van der Waals surface area contributed by atoms with Crippen LogP contribution in [0.5, 0.6) is 0 Å². The number of urea groups is 1. The Morgan fingerprint density at radius 3 is 2.27 bits per heavy atom. The van der Waals surface area contributed by atoms with Crippen LogP contribution in [-0.2, 0) is 6.42 Å². The molecule has 7 nitrogen and oxygen atoms in total. The lowest BCUT2D eigenvalue weighted by Gasteiger charge is -2.36. The molecule has 0 unspecified atom stereocenters. The van der Waals surface area contributed by atoms with Crippen LogP contribution in [0.3, 0.4) is 0 Å². The van der Waals surface area contributed by atoms with Gasteiger partial charge in [-0.2, -0.15) is 10.2 Å². The van der Waals surface area contributed by atoms with Gasteiger partial charge in [0, 0.05) is 40.3 Å². The maximum absolute atomic E-state index is 12.6. The van der Waals surface area contributed by atoms with Crippen LogP contribution in [0.25, 0.3) is 0 Å². The summed E-state index contributed by atoms with van der Waals surface area (Å²) in [6.07, 6.45) is 0.749. The summed E-state index contributed by atoms with van der Waals surface area (Å²) in [5, 5.41) is 8.12. The van der Waals surface area contributed by atoms with Crippen LogP contribution in [0, 0.1) is 6.92 Å².